The van der Waals surface area contributed by atoms with Crippen LogP contribution in [0.3, 0.4) is 0 Å². The number of aromatic nitrogens is 1. The van der Waals surface area contributed by atoms with Gasteiger partial charge in [0.2, 0.25) is 5.91 Å². The minimum absolute atomic E-state index is 0.267. The Morgan fingerprint density at radius 2 is 1.95 bits per heavy atom. The van der Waals surface area contributed by atoms with Crippen LogP contribution in [0.5, 0.6) is 0 Å². The molecule has 0 aliphatic carbocycles. The van der Waals surface area contributed by atoms with Gasteiger partial charge < -0.3 is 15.1 Å². The molecule has 5 heteroatoms. The van der Waals surface area contributed by atoms with Crippen LogP contribution in [-0.4, -0.2) is 60.0 Å². The first-order valence-electron chi connectivity index (χ1n) is 7.39. The molecule has 5 nitrogen and oxygen atoms in total. The van der Waals surface area contributed by atoms with Gasteiger partial charge in [0.25, 0.3) is 0 Å². The molecule has 20 heavy (non-hydrogen) atoms. The second-order valence-corrected chi connectivity index (χ2v) is 5.10. The Labute approximate surface area is 121 Å². The summed E-state index contributed by atoms with van der Waals surface area (Å²) >= 11 is 0. The standard InChI is InChI=1S/C15H24N4O/c1-2-18-9-11-19(12-10-18)15(20)5-8-17-13-14-3-6-16-7-4-14/h3-4,6-7,17H,2,5,8-13H2,1H3. The van der Waals surface area contributed by atoms with Gasteiger partial charge in [-0.3, -0.25) is 9.78 Å². The van der Waals surface area contributed by atoms with Gasteiger partial charge in [0.1, 0.15) is 0 Å². The van der Waals surface area contributed by atoms with Crippen molar-refractivity contribution in [3.8, 4) is 0 Å². The van der Waals surface area contributed by atoms with Crippen molar-refractivity contribution in [2.75, 3.05) is 39.3 Å². The molecule has 0 unspecified atom stereocenters. The largest absolute Gasteiger partial charge is 0.340 e. The molecule has 0 radical (unpaired) electrons. The number of hydrogen-bond donors (Lipinski definition) is 1. The highest BCUT2D eigenvalue weighted by Gasteiger charge is 2.19. The van der Waals surface area contributed by atoms with E-state index in [-0.39, 0.29) is 5.91 Å². The van der Waals surface area contributed by atoms with Crippen molar-refractivity contribution in [1.29, 1.82) is 0 Å². The highest BCUT2D eigenvalue weighted by molar-refractivity contribution is 5.76. The number of piperazine rings is 1. The number of likely N-dealkylation sites (N-methyl/N-ethyl adjacent to an activating group) is 1. The number of nitrogens with one attached hydrogen (secondary N) is 1. The van der Waals surface area contributed by atoms with Crippen LogP contribution in [-0.2, 0) is 11.3 Å². The molecule has 1 saturated heterocycles. The lowest BCUT2D eigenvalue weighted by atomic mass is 10.2. The first-order valence-corrected chi connectivity index (χ1v) is 7.39. The number of hydrogen-bond acceptors (Lipinski definition) is 4. The van der Waals surface area contributed by atoms with Crippen molar-refractivity contribution in [3.05, 3.63) is 30.1 Å². The molecule has 1 amide bonds. The summed E-state index contributed by atoms with van der Waals surface area (Å²) in [6.07, 6.45) is 4.15. The summed E-state index contributed by atoms with van der Waals surface area (Å²) in [5.74, 6) is 0.267. The van der Waals surface area contributed by atoms with Crippen molar-refractivity contribution in [2.24, 2.45) is 0 Å². The lowest BCUT2D eigenvalue weighted by molar-refractivity contribution is -0.132. The molecule has 2 rings (SSSR count). The minimum Gasteiger partial charge on any atom is -0.340 e. The second kappa shape index (κ2) is 7.97. The lowest BCUT2D eigenvalue weighted by Crippen LogP contribution is -2.48. The lowest BCUT2D eigenvalue weighted by Gasteiger charge is -2.34. The van der Waals surface area contributed by atoms with Crippen LogP contribution in [0.15, 0.2) is 24.5 Å². The minimum atomic E-state index is 0.267. The van der Waals surface area contributed by atoms with E-state index in [2.05, 4.69) is 22.1 Å². The zero-order valence-corrected chi connectivity index (χ0v) is 12.2. The molecular weight excluding hydrogens is 252 g/mol. The van der Waals surface area contributed by atoms with Crippen LogP contribution >= 0.6 is 0 Å². The summed E-state index contributed by atoms with van der Waals surface area (Å²) in [5.41, 5.74) is 1.20. The number of rotatable bonds is 6. The van der Waals surface area contributed by atoms with E-state index >= 15 is 0 Å². The Bertz CT molecular complexity index is 402. The summed E-state index contributed by atoms with van der Waals surface area (Å²) in [5, 5.41) is 3.31. The number of carbonyl (C=O) groups excluding carboxylic acids is 1. The third-order valence-electron chi connectivity index (χ3n) is 3.77. The smallest absolute Gasteiger partial charge is 0.223 e. The fraction of sp³-hybridized carbons (Fsp3) is 0.600. The maximum Gasteiger partial charge on any atom is 0.223 e. The van der Waals surface area contributed by atoms with Crippen LogP contribution in [0.4, 0.5) is 0 Å². The molecule has 1 aromatic rings. The van der Waals surface area contributed by atoms with Gasteiger partial charge in [-0.15, -0.1) is 0 Å². The Kier molecular flexibility index (Phi) is 5.95. The molecule has 2 heterocycles. The molecule has 0 aromatic carbocycles. The molecule has 1 N–H and O–H groups in total. The molecule has 0 saturated carbocycles. The van der Waals surface area contributed by atoms with Crippen LogP contribution < -0.4 is 5.32 Å². The quantitative estimate of drug-likeness (QED) is 0.778. The second-order valence-electron chi connectivity index (χ2n) is 5.10. The number of amides is 1. The van der Waals surface area contributed by atoms with Crippen molar-refractivity contribution in [3.63, 3.8) is 0 Å². The predicted octanol–water partition coefficient (Wildman–Crippen LogP) is 0.725. The molecule has 1 aliphatic rings. The van der Waals surface area contributed by atoms with Crippen molar-refractivity contribution in [2.45, 2.75) is 19.9 Å². The summed E-state index contributed by atoms with van der Waals surface area (Å²) in [6.45, 7) is 8.53. The fourth-order valence-electron chi connectivity index (χ4n) is 2.40. The highest BCUT2D eigenvalue weighted by Crippen LogP contribution is 2.03. The van der Waals surface area contributed by atoms with Gasteiger partial charge in [0.05, 0.1) is 0 Å². The van der Waals surface area contributed by atoms with E-state index in [4.69, 9.17) is 0 Å². The summed E-state index contributed by atoms with van der Waals surface area (Å²) < 4.78 is 0. The third kappa shape index (κ3) is 4.58. The average Bonchev–Trinajstić information content (AvgIpc) is 2.52. The van der Waals surface area contributed by atoms with Gasteiger partial charge in [-0.25, -0.2) is 0 Å². The maximum atomic E-state index is 12.1. The molecular formula is C15H24N4O. The predicted molar refractivity (Wildman–Crippen MR) is 79.3 cm³/mol. The molecule has 110 valence electrons. The van der Waals surface area contributed by atoms with Gasteiger partial charge in [0, 0.05) is 58.1 Å². The summed E-state index contributed by atoms with van der Waals surface area (Å²) in [4.78, 5) is 20.4. The van der Waals surface area contributed by atoms with Crippen LogP contribution in [0.2, 0.25) is 0 Å². The number of nitrogens with zero attached hydrogens (tertiary/aromatic N) is 3. The van der Waals surface area contributed by atoms with Crippen molar-refractivity contribution in [1.82, 2.24) is 20.1 Å². The van der Waals surface area contributed by atoms with Crippen LogP contribution in [0.1, 0.15) is 18.9 Å². The Hall–Kier alpha value is -1.46. The van der Waals surface area contributed by atoms with E-state index in [0.29, 0.717) is 6.42 Å². The number of pyridine rings is 1. The molecule has 1 aliphatic heterocycles. The fourth-order valence-corrected chi connectivity index (χ4v) is 2.40. The van der Waals surface area contributed by atoms with Gasteiger partial charge in [-0.2, -0.15) is 0 Å². The normalized spacial score (nSPS) is 16.4. The monoisotopic (exact) mass is 276 g/mol. The zero-order chi connectivity index (χ0) is 14.2. The Balaban J connectivity index is 1.61. The van der Waals surface area contributed by atoms with Crippen molar-refractivity contribution >= 4 is 5.91 Å². The topological polar surface area (TPSA) is 48.5 Å². The van der Waals surface area contributed by atoms with Gasteiger partial charge in [0.15, 0.2) is 0 Å². The zero-order valence-electron chi connectivity index (χ0n) is 12.2. The first-order chi connectivity index (χ1) is 9.79. The average molecular weight is 276 g/mol. The first kappa shape index (κ1) is 14.9. The summed E-state index contributed by atoms with van der Waals surface area (Å²) in [6, 6.07) is 3.97. The Morgan fingerprint density at radius 3 is 2.60 bits per heavy atom. The third-order valence-corrected chi connectivity index (χ3v) is 3.77. The molecule has 0 atom stereocenters. The van der Waals surface area contributed by atoms with Gasteiger partial charge in [-0.05, 0) is 24.2 Å². The highest BCUT2D eigenvalue weighted by atomic mass is 16.2. The van der Waals surface area contributed by atoms with Crippen LogP contribution in [0.25, 0.3) is 0 Å². The Morgan fingerprint density at radius 1 is 1.25 bits per heavy atom. The molecule has 1 fully saturated rings. The number of carbonyl (C=O) groups is 1. The van der Waals surface area contributed by atoms with Gasteiger partial charge in [-0.1, -0.05) is 6.92 Å². The summed E-state index contributed by atoms with van der Waals surface area (Å²) in [7, 11) is 0. The molecule has 1 aromatic heterocycles. The van der Waals surface area contributed by atoms with E-state index in [1.165, 1.54) is 5.56 Å². The SMILES string of the molecule is CCN1CCN(C(=O)CCNCc2ccncc2)CC1. The van der Waals surface area contributed by atoms with E-state index < -0.39 is 0 Å². The van der Waals surface area contributed by atoms with E-state index in [0.717, 1.165) is 45.8 Å². The van der Waals surface area contributed by atoms with Crippen molar-refractivity contribution < 1.29 is 4.79 Å². The van der Waals surface area contributed by atoms with E-state index in [1.807, 2.05) is 17.0 Å². The van der Waals surface area contributed by atoms with E-state index in [1.54, 1.807) is 12.4 Å². The maximum absolute atomic E-state index is 12.1. The molecule has 0 spiro atoms. The van der Waals surface area contributed by atoms with Gasteiger partial charge >= 0.3 is 0 Å². The molecule has 0 bridgehead atoms. The van der Waals surface area contributed by atoms with E-state index in [9.17, 15) is 4.79 Å². The van der Waals surface area contributed by atoms with Crippen LogP contribution in [0, 0.1) is 0 Å².